The van der Waals surface area contributed by atoms with Gasteiger partial charge in [0.1, 0.15) is 18.5 Å². The average Bonchev–Trinajstić information content (AvgIpc) is 2.51. The number of carbonyl (C=O) groups excluding carboxylic acids is 1. The van der Waals surface area contributed by atoms with E-state index in [1.807, 2.05) is 31.2 Å². The second-order valence-corrected chi connectivity index (χ2v) is 4.73. The lowest BCUT2D eigenvalue weighted by molar-refractivity contribution is 0.0843. The number of aromatic nitrogens is 1. The summed E-state index contributed by atoms with van der Waals surface area (Å²) in [5.41, 5.74) is 1.60. The summed E-state index contributed by atoms with van der Waals surface area (Å²) in [5, 5.41) is 12.5. The number of nitrogens with one attached hydrogen (secondary N) is 1. The Hall–Kier alpha value is -2.40. The van der Waals surface area contributed by atoms with Crippen LogP contribution in [0, 0.1) is 6.92 Å². The van der Waals surface area contributed by atoms with Crippen LogP contribution in [0.5, 0.6) is 5.75 Å². The molecule has 0 spiro atoms. The molecule has 1 amide bonds. The highest BCUT2D eigenvalue weighted by Gasteiger charge is 2.09. The van der Waals surface area contributed by atoms with E-state index >= 15 is 0 Å². The maximum atomic E-state index is 11.8. The van der Waals surface area contributed by atoms with Crippen LogP contribution in [0.2, 0.25) is 0 Å². The number of aryl methyl sites for hydroxylation is 1. The Morgan fingerprint density at radius 3 is 2.81 bits per heavy atom. The van der Waals surface area contributed by atoms with Crippen LogP contribution in [0.15, 0.2) is 48.8 Å². The SMILES string of the molecule is Cc1cccc(OCC(O)CNC(=O)c2ccncc2)c1. The molecule has 0 saturated carbocycles. The maximum Gasteiger partial charge on any atom is 0.251 e. The van der Waals surface area contributed by atoms with Crippen molar-refractivity contribution in [1.82, 2.24) is 10.3 Å². The first kappa shape index (κ1) is 15.0. The topological polar surface area (TPSA) is 71.5 Å². The third kappa shape index (κ3) is 4.89. The quantitative estimate of drug-likeness (QED) is 0.845. The molecule has 1 aromatic heterocycles. The van der Waals surface area contributed by atoms with Gasteiger partial charge in [0.15, 0.2) is 0 Å². The molecule has 1 atom stereocenters. The number of aliphatic hydroxyl groups is 1. The normalized spacial score (nSPS) is 11.7. The molecule has 5 nitrogen and oxygen atoms in total. The second-order valence-electron chi connectivity index (χ2n) is 4.73. The molecule has 1 heterocycles. The minimum Gasteiger partial charge on any atom is -0.491 e. The first-order valence-electron chi connectivity index (χ1n) is 6.71. The Labute approximate surface area is 123 Å². The summed E-state index contributed by atoms with van der Waals surface area (Å²) in [6.45, 7) is 2.23. The standard InChI is InChI=1S/C16H18N2O3/c1-12-3-2-4-15(9-12)21-11-14(19)10-18-16(20)13-5-7-17-8-6-13/h2-9,14,19H,10-11H2,1H3,(H,18,20). The second kappa shape index (κ2) is 7.40. The molecule has 2 aromatic rings. The molecule has 0 aliphatic carbocycles. The summed E-state index contributed by atoms with van der Waals surface area (Å²) >= 11 is 0. The van der Waals surface area contributed by atoms with E-state index in [4.69, 9.17) is 4.74 Å². The number of carbonyl (C=O) groups is 1. The summed E-state index contributed by atoms with van der Waals surface area (Å²) in [7, 11) is 0. The van der Waals surface area contributed by atoms with Crippen LogP contribution in [0.3, 0.4) is 0 Å². The van der Waals surface area contributed by atoms with Crippen LogP contribution in [0.1, 0.15) is 15.9 Å². The van der Waals surface area contributed by atoms with Crippen molar-refractivity contribution in [3.05, 3.63) is 59.9 Å². The van der Waals surface area contributed by atoms with Crippen molar-refractivity contribution in [2.24, 2.45) is 0 Å². The van der Waals surface area contributed by atoms with E-state index in [1.54, 1.807) is 24.5 Å². The molecule has 1 aromatic carbocycles. The minimum absolute atomic E-state index is 0.125. The van der Waals surface area contributed by atoms with Gasteiger partial charge in [0.25, 0.3) is 5.91 Å². The van der Waals surface area contributed by atoms with Gasteiger partial charge in [-0.25, -0.2) is 0 Å². The summed E-state index contributed by atoms with van der Waals surface area (Å²) in [4.78, 5) is 15.6. The number of hydrogen-bond acceptors (Lipinski definition) is 4. The maximum absolute atomic E-state index is 11.8. The Balaban J connectivity index is 1.75. The number of benzene rings is 1. The van der Waals surface area contributed by atoms with Crippen molar-refractivity contribution >= 4 is 5.91 Å². The van der Waals surface area contributed by atoms with E-state index in [2.05, 4.69) is 10.3 Å². The molecule has 0 aliphatic heterocycles. The molecule has 1 unspecified atom stereocenters. The summed E-state index contributed by atoms with van der Waals surface area (Å²) in [6.07, 6.45) is 2.33. The number of nitrogens with zero attached hydrogens (tertiary/aromatic N) is 1. The van der Waals surface area contributed by atoms with Crippen molar-refractivity contribution in [2.75, 3.05) is 13.2 Å². The van der Waals surface area contributed by atoms with Crippen LogP contribution >= 0.6 is 0 Å². The lowest BCUT2D eigenvalue weighted by Crippen LogP contribution is -2.35. The number of rotatable bonds is 6. The predicted molar refractivity (Wildman–Crippen MR) is 79.3 cm³/mol. The molecule has 21 heavy (non-hydrogen) atoms. The van der Waals surface area contributed by atoms with Gasteiger partial charge < -0.3 is 15.2 Å². The zero-order valence-electron chi connectivity index (χ0n) is 11.8. The van der Waals surface area contributed by atoms with Crippen LogP contribution in [0.4, 0.5) is 0 Å². The highest BCUT2D eigenvalue weighted by molar-refractivity contribution is 5.93. The Morgan fingerprint density at radius 2 is 2.10 bits per heavy atom. The molecule has 0 bridgehead atoms. The summed E-state index contributed by atoms with van der Waals surface area (Å²) < 4.78 is 5.48. The van der Waals surface area contributed by atoms with Crippen LogP contribution in [0.25, 0.3) is 0 Å². The Morgan fingerprint density at radius 1 is 1.33 bits per heavy atom. The number of hydrogen-bond donors (Lipinski definition) is 2. The van der Waals surface area contributed by atoms with Gasteiger partial charge in [0, 0.05) is 24.5 Å². The van der Waals surface area contributed by atoms with Gasteiger partial charge in [0.05, 0.1) is 0 Å². The molecule has 0 radical (unpaired) electrons. The van der Waals surface area contributed by atoms with Crippen molar-refractivity contribution in [1.29, 1.82) is 0 Å². The van der Waals surface area contributed by atoms with Crippen molar-refractivity contribution in [2.45, 2.75) is 13.0 Å². The molecule has 2 N–H and O–H groups in total. The fourth-order valence-electron chi connectivity index (χ4n) is 1.77. The molecule has 110 valence electrons. The molecule has 0 fully saturated rings. The largest absolute Gasteiger partial charge is 0.491 e. The van der Waals surface area contributed by atoms with Gasteiger partial charge in [-0.3, -0.25) is 9.78 Å². The first-order chi connectivity index (χ1) is 10.1. The van der Waals surface area contributed by atoms with Gasteiger partial charge in [-0.15, -0.1) is 0 Å². The van der Waals surface area contributed by atoms with Crippen molar-refractivity contribution in [3.63, 3.8) is 0 Å². The third-order valence-corrected chi connectivity index (χ3v) is 2.87. The summed E-state index contributed by atoms with van der Waals surface area (Å²) in [5.74, 6) is 0.460. The molecular formula is C16H18N2O3. The van der Waals surface area contributed by atoms with E-state index in [-0.39, 0.29) is 19.1 Å². The lowest BCUT2D eigenvalue weighted by atomic mass is 10.2. The van der Waals surface area contributed by atoms with Crippen molar-refractivity contribution in [3.8, 4) is 5.75 Å². The smallest absolute Gasteiger partial charge is 0.251 e. The van der Waals surface area contributed by atoms with Crippen LogP contribution in [-0.2, 0) is 0 Å². The highest BCUT2D eigenvalue weighted by Crippen LogP contribution is 2.12. The molecular weight excluding hydrogens is 268 g/mol. The zero-order chi connectivity index (χ0) is 15.1. The molecule has 0 saturated heterocycles. The van der Waals surface area contributed by atoms with E-state index < -0.39 is 6.10 Å². The van der Waals surface area contributed by atoms with E-state index in [9.17, 15) is 9.90 Å². The van der Waals surface area contributed by atoms with Gasteiger partial charge in [-0.2, -0.15) is 0 Å². The number of ether oxygens (including phenoxy) is 1. The first-order valence-corrected chi connectivity index (χ1v) is 6.71. The number of pyridine rings is 1. The van der Waals surface area contributed by atoms with E-state index in [0.29, 0.717) is 11.3 Å². The fourth-order valence-corrected chi connectivity index (χ4v) is 1.77. The lowest BCUT2D eigenvalue weighted by Gasteiger charge is -2.13. The van der Waals surface area contributed by atoms with Crippen LogP contribution < -0.4 is 10.1 Å². The molecule has 2 rings (SSSR count). The van der Waals surface area contributed by atoms with Gasteiger partial charge in [-0.05, 0) is 36.8 Å². The van der Waals surface area contributed by atoms with Crippen LogP contribution in [-0.4, -0.2) is 35.3 Å². The fraction of sp³-hybridized carbons (Fsp3) is 0.250. The molecule has 0 aliphatic rings. The van der Waals surface area contributed by atoms with Gasteiger partial charge in [0.2, 0.25) is 0 Å². The summed E-state index contributed by atoms with van der Waals surface area (Å²) in [6, 6.07) is 10.8. The van der Waals surface area contributed by atoms with Crippen molar-refractivity contribution < 1.29 is 14.6 Å². The molecule has 5 heteroatoms. The van der Waals surface area contributed by atoms with E-state index in [0.717, 1.165) is 5.56 Å². The highest BCUT2D eigenvalue weighted by atomic mass is 16.5. The predicted octanol–water partition coefficient (Wildman–Crippen LogP) is 1.56. The van der Waals surface area contributed by atoms with Gasteiger partial charge >= 0.3 is 0 Å². The zero-order valence-corrected chi connectivity index (χ0v) is 11.8. The average molecular weight is 286 g/mol. The Bertz CT molecular complexity index is 587. The minimum atomic E-state index is -0.767. The number of aliphatic hydroxyl groups excluding tert-OH is 1. The third-order valence-electron chi connectivity index (χ3n) is 2.87. The number of amides is 1. The Kier molecular flexibility index (Phi) is 5.29. The van der Waals surface area contributed by atoms with E-state index in [1.165, 1.54) is 0 Å². The monoisotopic (exact) mass is 286 g/mol. The van der Waals surface area contributed by atoms with Gasteiger partial charge in [-0.1, -0.05) is 12.1 Å².